The molecule has 12 heteroatoms. The van der Waals surface area contributed by atoms with Crippen molar-refractivity contribution in [2.45, 2.75) is 90.0 Å². The van der Waals surface area contributed by atoms with Crippen LogP contribution in [0.2, 0.25) is 0 Å². The molecule has 3 heterocycles. The lowest BCUT2D eigenvalue weighted by molar-refractivity contribution is -0.00572. The van der Waals surface area contributed by atoms with Crippen molar-refractivity contribution in [3.63, 3.8) is 0 Å². The largest absolute Gasteiger partial charge is 0.489 e. The number of carbonyl (C=O) groups is 1. The lowest BCUT2D eigenvalue weighted by Gasteiger charge is -2.35. The zero-order valence-electron chi connectivity index (χ0n) is 30.2. The van der Waals surface area contributed by atoms with Crippen LogP contribution in [0, 0.1) is 19.8 Å². The fourth-order valence-corrected chi connectivity index (χ4v) is 7.64. The molecule has 11 nitrogen and oxygen atoms in total. The lowest BCUT2D eigenvalue weighted by Crippen LogP contribution is -2.46. The number of nitrogens with one attached hydrogen (secondary N) is 2. The lowest BCUT2D eigenvalue weighted by atomic mass is 9.86. The maximum atomic E-state index is 14.0. The van der Waals surface area contributed by atoms with Crippen molar-refractivity contribution in [2.75, 3.05) is 51.6 Å². The second kappa shape index (κ2) is 16.4. The highest BCUT2D eigenvalue weighted by Gasteiger charge is 2.28. The summed E-state index contributed by atoms with van der Waals surface area (Å²) >= 11 is 1.48. The van der Waals surface area contributed by atoms with Gasteiger partial charge in [-0.1, -0.05) is 0 Å². The first-order chi connectivity index (χ1) is 23.5. The fraction of sp³-hybridized carbons (Fsp3) is 0.568. The number of thioether (sulfide) groups is 1. The van der Waals surface area contributed by atoms with E-state index in [9.17, 15) is 9.59 Å². The molecule has 1 amide bonds. The molecule has 49 heavy (non-hydrogen) atoms. The molecule has 2 aromatic heterocycles. The number of H-pyrrole nitrogens is 1. The Bertz CT molecular complexity index is 1640. The van der Waals surface area contributed by atoms with Gasteiger partial charge in [-0.05, 0) is 98.7 Å². The molecule has 0 unspecified atom stereocenters. The third-order valence-electron chi connectivity index (χ3n) is 9.55. The number of hydrogen-bond acceptors (Lipinski definition) is 10. The van der Waals surface area contributed by atoms with Gasteiger partial charge in [0.05, 0.1) is 25.4 Å². The molecular formula is C37H52N6O5S. The van der Waals surface area contributed by atoms with Crippen molar-refractivity contribution >= 4 is 23.6 Å². The molecule has 2 N–H and O–H groups in total. The van der Waals surface area contributed by atoms with E-state index in [2.05, 4.69) is 48.0 Å². The predicted octanol–water partition coefficient (Wildman–Crippen LogP) is 5.61. The summed E-state index contributed by atoms with van der Waals surface area (Å²) in [5, 5.41) is 3.01. The number of amides is 1. The van der Waals surface area contributed by atoms with Crippen LogP contribution in [0.4, 0.5) is 5.95 Å². The standard InChI is InChI=1S/C37H52N6O5S/c1-9-46-34-30(27-16-39-37(40-17-27)43-19-23(3)48-24(4)20-43)15-29(35(44)38-18-31-32(49-8)14-22(2)41-36(31)45)25(5)33(34)47-21-26-10-12-28(13-11-26)42(6)7/h14-17,23-24,26,28H,9-13,18-21H2,1-8H3,(H,38,44)(H,41,45)/t23-,24+,26?,28?. The highest BCUT2D eigenvalue weighted by atomic mass is 32.2. The first kappa shape index (κ1) is 36.7. The third-order valence-corrected chi connectivity index (χ3v) is 10.4. The maximum Gasteiger partial charge on any atom is 0.254 e. The Morgan fingerprint density at radius 1 is 1.06 bits per heavy atom. The zero-order valence-corrected chi connectivity index (χ0v) is 31.0. The Labute approximate surface area is 294 Å². The van der Waals surface area contributed by atoms with E-state index in [-0.39, 0.29) is 30.2 Å². The van der Waals surface area contributed by atoms with Crippen LogP contribution in [-0.4, -0.2) is 90.7 Å². The second-order valence-corrected chi connectivity index (χ2v) is 14.4. The Balaban J connectivity index is 1.49. The van der Waals surface area contributed by atoms with E-state index in [0.29, 0.717) is 83.5 Å². The van der Waals surface area contributed by atoms with Crippen LogP contribution in [0.5, 0.6) is 11.5 Å². The van der Waals surface area contributed by atoms with Crippen LogP contribution >= 0.6 is 11.8 Å². The number of aryl methyl sites for hydroxylation is 1. The number of benzene rings is 1. The van der Waals surface area contributed by atoms with Crippen molar-refractivity contribution in [1.82, 2.24) is 25.2 Å². The van der Waals surface area contributed by atoms with Gasteiger partial charge in [-0.2, -0.15) is 0 Å². The number of hydrogen-bond donors (Lipinski definition) is 2. The summed E-state index contributed by atoms with van der Waals surface area (Å²) in [6, 6.07) is 4.35. The Kier molecular flexibility index (Phi) is 12.3. The molecule has 0 bridgehead atoms. The summed E-state index contributed by atoms with van der Waals surface area (Å²) in [7, 11) is 4.29. The van der Waals surface area contributed by atoms with Gasteiger partial charge in [0, 0.05) is 76.5 Å². The summed E-state index contributed by atoms with van der Waals surface area (Å²) in [5.41, 5.74) is 3.62. The average Bonchev–Trinajstić information content (AvgIpc) is 3.07. The van der Waals surface area contributed by atoms with Gasteiger partial charge in [-0.3, -0.25) is 9.59 Å². The van der Waals surface area contributed by atoms with Gasteiger partial charge < -0.3 is 34.3 Å². The van der Waals surface area contributed by atoms with Crippen LogP contribution in [-0.2, 0) is 11.3 Å². The number of aromatic amines is 1. The molecule has 0 spiro atoms. The molecule has 2 fully saturated rings. The zero-order chi connectivity index (χ0) is 35.2. The minimum absolute atomic E-state index is 0.0786. The molecule has 1 aromatic carbocycles. The van der Waals surface area contributed by atoms with Gasteiger partial charge in [0.2, 0.25) is 5.95 Å². The summed E-state index contributed by atoms with van der Waals surface area (Å²) in [6.45, 7) is 12.2. The van der Waals surface area contributed by atoms with E-state index in [1.807, 2.05) is 39.2 Å². The maximum absolute atomic E-state index is 14.0. The summed E-state index contributed by atoms with van der Waals surface area (Å²) in [5.74, 6) is 1.86. The summed E-state index contributed by atoms with van der Waals surface area (Å²) in [4.78, 5) is 44.4. The number of aromatic nitrogens is 3. The highest BCUT2D eigenvalue weighted by Crippen LogP contribution is 2.43. The van der Waals surface area contributed by atoms with Gasteiger partial charge in [0.1, 0.15) is 0 Å². The van der Waals surface area contributed by atoms with Gasteiger partial charge in [-0.25, -0.2) is 9.97 Å². The highest BCUT2D eigenvalue weighted by molar-refractivity contribution is 7.98. The second-order valence-electron chi connectivity index (χ2n) is 13.6. The molecule has 1 aliphatic carbocycles. The van der Waals surface area contributed by atoms with Crippen molar-refractivity contribution in [3.05, 3.63) is 57.3 Å². The topological polar surface area (TPSA) is 122 Å². The number of anilines is 1. The number of nitrogens with zero attached hydrogens (tertiary/aromatic N) is 4. The van der Waals surface area contributed by atoms with Crippen LogP contribution in [0.3, 0.4) is 0 Å². The van der Waals surface area contributed by atoms with Crippen LogP contribution < -0.4 is 25.2 Å². The van der Waals surface area contributed by atoms with Crippen LogP contribution in [0.25, 0.3) is 11.1 Å². The van der Waals surface area contributed by atoms with Crippen LogP contribution in [0.1, 0.15) is 73.6 Å². The molecule has 266 valence electrons. The summed E-state index contributed by atoms with van der Waals surface area (Å²) in [6.07, 6.45) is 10.1. The number of morpholine rings is 1. The smallest absolute Gasteiger partial charge is 0.254 e. The van der Waals surface area contributed by atoms with E-state index in [1.54, 1.807) is 12.4 Å². The number of pyridine rings is 1. The predicted molar refractivity (Wildman–Crippen MR) is 195 cm³/mol. The fourth-order valence-electron chi connectivity index (χ4n) is 6.94. The minimum Gasteiger partial charge on any atom is -0.489 e. The minimum atomic E-state index is -0.306. The van der Waals surface area contributed by atoms with Gasteiger partial charge in [0.15, 0.2) is 11.5 Å². The van der Waals surface area contributed by atoms with E-state index >= 15 is 0 Å². The summed E-state index contributed by atoms with van der Waals surface area (Å²) < 4.78 is 18.8. The van der Waals surface area contributed by atoms with Gasteiger partial charge >= 0.3 is 0 Å². The normalized spacial score (nSPS) is 21.1. The van der Waals surface area contributed by atoms with E-state index in [1.165, 1.54) is 11.8 Å². The van der Waals surface area contributed by atoms with E-state index < -0.39 is 0 Å². The Hall–Kier alpha value is -3.61. The average molecular weight is 693 g/mol. The van der Waals surface area contributed by atoms with E-state index in [0.717, 1.165) is 36.3 Å². The van der Waals surface area contributed by atoms with Gasteiger partial charge in [0.25, 0.3) is 11.5 Å². The molecule has 1 saturated heterocycles. The SMILES string of the molecule is CCOc1c(-c2cnc(N3C[C@@H](C)O[C@@H](C)C3)nc2)cc(C(=O)NCc2c(SC)cc(C)[nH]c2=O)c(C)c1OCC1CCC(N(C)C)CC1. The van der Waals surface area contributed by atoms with E-state index in [4.69, 9.17) is 24.2 Å². The first-order valence-electron chi connectivity index (χ1n) is 17.4. The molecule has 1 saturated carbocycles. The van der Waals surface area contributed by atoms with Crippen molar-refractivity contribution in [1.29, 1.82) is 0 Å². The number of carbonyl (C=O) groups excluding carboxylic acids is 1. The third kappa shape index (κ3) is 8.77. The van der Waals surface area contributed by atoms with Crippen molar-refractivity contribution in [3.8, 4) is 22.6 Å². The van der Waals surface area contributed by atoms with Crippen molar-refractivity contribution in [2.24, 2.45) is 5.92 Å². The van der Waals surface area contributed by atoms with Gasteiger partial charge in [-0.15, -0.1) is 11.8 Å². The monoisotopic (exact) mass is 692 g/mol. The first-order valence-corrected chi connectivity index (χ1v) is 18.6. The Morgan fingerprint density at radius 3 is 2.35 bits per heavy atom. The molecule has 1 aliphatic heterocycles. The van der Waals surface area contributed by atoms with Crippen molar-refractivity contribution < 1.29 is 19.0 Å². The molecule has 2 atom stereocenters. The molecule has 5 rings (SSSR count). The molecule has 3 aromatic rings. The molecular weight excluding hydrogens is 641 g/mol. The quantitative estimate of drug-likeness (QED) is 0.232. The molecule has 0 radical (unpaired) electrons. The number of rotatable bonds is 12. The Morgan fingerprint density at radius 2 is 1.73 bits per heavy atom. The van der Waals surface area contributed by atoms with Crippen LogP contribution in [0.15, 0.2) is 34.2 Å². The molecule has 2 aliphatic rings. The number of ether oxygens (including phenoxy) is 3.